The van der Waals surface area contributed by atoms with Crippen molar-refractivity contribution >= 4 is 5.97 Å². The van der Waals surface area contributed by atoms with Gasteiger partial charge in [-0.2, -0.15) is 0 Å². The Morgan fingerprint density at radius 3 is 2.31 bits per heavy atom. The average Bonchev–Trinajstić information content (AvgIpc) is 2.15. The molecular formula is C13H24NO2+. The first-order valence-corrected chi connectivity index (χ1v) is 6.64. The molecule has 1 saturated heterocycles. The van der Waals surface area contributed by atoms with Crippen LogP contribution in [0.15, 0.2) is 0 Å². The minimum absolute atomic E-state index is 0.0470. The molecule has 2 N–H and O–H groups in total. The smallest absolute Gasteiger partial charge is 0.309 e. The zero-order valence-electron chi connectivity index (χ0n) is 10.5. The molecule has 0 radical (unpaired) electrons. The standard InChI is InChI=1S/C13H23NO2/c1-13(2,11-6-8-14-9-7-11)16-12(15)10-4-3-5-10/h10-11,14H,3-9H2,1-2H3/p+1. The number of hydrogen-bond donors (Lipinski definition) is 1. The van der Waals surface area contributed by atoms with Gasteiger partial charge in [-0.3, -0.25) is 4.79 Å². The Hall–Kier alpha value is -0.570. The zero-order valence-corrected chi connectivity index (χ0v) is 10.5. The van der Waals surface area contributed by atoms with E-state index in [-0.39, 0.29) is 17.5 Å². The van der Waals surface area contributed by atoms with Crippen molar-refractivity contribution in [1.82, 2.24) is 0 Å². The van der Waals surface area contributed by atoms with Crippen LogP contribution in [0.4, 0.5) is 0 Å². The monoisotopic (exact) mass is 226 g/mol. The lowest BCUT2D eigenvalue weighted by atomic mass is 9.82. The van der Waals surface area contributed by atoms with Crippen LogP contribution < -0.4 is 5.32 Å². The molecule has 0 aromatic heterocycles. The van der Waals surface area contributed by atoms with Gasteiger partial charge in [0.1, 0.15) is 5.60 Å². The van der Waals surface area contributed by atoms with Crippen LogP contribution in [0.3, 0.4) is 0 Å². The third-order valence-electron chi connectivity index (χ3n) is 4.22. The van der Waals surface area contributed by atoms with E-state index in [4.69, 9.17) is 4.74 Å². The van der Waals surface area contributed by atoms with Gasteiger partial charge in [0.05, 0.1) is 19.0 Å². The summed E-state index contributed by atoms with van der Waals surface area (Å²) in [6, 6.07) is 0. The summed E-state index contributed by atoms with van der Waals surface area (Å²) >= 11 is 0. The highest BCUT2D eigenvalue weighted by atomic mass is 16.6. The predicted molar refractivity (Wildman–Crippen MR) is 61.9 cm³/mol. The fourth-order valence-electron chi connectivity index (χ4n) is 2.69. The molecule has 0 bridgehead atoms. The van der Waals surface area contributed by atoms with Crippen molar-refractivity contribution in [2.75, 3.05) is 13.1 Å². The summed E-state index contributed by atoms with van der Waals surface area (Å²) in [4.78, 5) is 11.9. The van der Waals surface area contributed by atoms with E-state index < -0.39 is 0 Å². The summed E-state index contributed by atoms with van der Waals surface area (Å²) in [5, 5.41) is 2.35. The van der Waals surface area contributed by atoms with Crippen LogP contribution in [0.1, 0.15) is 46.0 Å². The number of quaternary nitrogens is 1. The van der Waals surface area contributed by atoms with Gasteiger partial charge in [0.15, 0.2) is 0 Å². The summed E-state index contributed by atoms with van der Waals surface area (Å²) in [5.74, 6) is 0.793. The van der Waals surface area contributed by atoms with E-state index in [0.717, 1.165) is 12.8 Å². The largest absolute Gasteiger partial charge is 0.459 e. The van der Waals surface area contributed by atoms with Gasteiger partial charge in [0.2, 0.25) is 0 Å². The SMILES string of the molecule is CC(C)(OC(=O)C1CCC1)C1CC[NH2+]CC1. The quantitative estimate of drug-likeness (QED) is 0.732. The second-order valence-electron chi connectivity index (χ2n) is 5.79. The molecule has 3 nitrogen and oxygen atoms in total. The lowest BCUT2D eigenvalue weighted by Crippen LogP contribution is -2.86. The van der Waals surface area contributed by atoms with Crippen molar-refractivity contribution in [1.29, 1.82) is 0 Å². The number of piperidine rings is 1. The van der Waals surface area contributed by atoms with Crippen molar-refractivity contribution in [2.24, 2.45) is 11.8 Å². The van der Waals surface area contributed by atoms with Gasteiger partial charge in [-0.25, -0.2) is 0 Å². The maximum absolute atomic E-state index is 11.9. The molecule has 1 saturated carbocycles. The number of carbonyl (C=O) groups is 1. The number of rotatable bonds is 3. The molecule has 1 heterocycles. The summed E-state index contributed by atoms with van der Waals surface area (Å²) in [6.07, 6.45) is 5.61. The summed E-state index contributed by atoms with van der Waals surface area (Å²) in [7, 11) is 0. The Kier molecular flexibility index (Phi) is 3.53. The fraction of sp³-hybridized carbons (Fsp3) is 0.923. The molecule has 92 valence electrons. The van der Waals surface area contributed by atoms with E-state index in [9.17, 15) is 4.79 Å². The highest BCUT2D eigenvalue weighted by molar-refractivity contribution is 5.73. The van der Waals surface area contributed by atoms with E-state index >= 15 is 0 Å². The second kappa shape index (κ2) is 4.74. The molecule has 2 fully saturated rings. The molecule has 0 unspecified atom stereocenters. The van der Waals surface area contributed by atoms with Crippen LogP contribution in [-0.2, 0) is 9.53 Å². The molecule has 0 atom stereocenters. The van der Waals surface area contributed by atoms with Crippen molar-refractivity contribution < 1.29 is 14.8 Å². The van der Waals surface area contributed by atoms with E-state index in [1.54, 1.807) is 0 Å². The van der Waals surface area contributed by atoms with Gasteiger partial charge in [0.25, 0.3) is 0 Å². The molecule has 2 aliphatic rings. The Labute approximate surface area is 97.9 Å². The molecule has 0 amide bonds. The maximum Gasteiger partial charge on any atom is 0.309 e. The highest BCUT2D eigenvalue weighted by Gasteiger charge is 2.38. The molecule has 0 aromatic carbocycles. The van der Waals surface area contributed by atoms with Crippen molar-refractivity contribution in [2.45, 2.75) is 51.6 Å². The van der Waals surface area contributed by atoms with Gasteiger partial charge >= 0.3 is 5.97 Å². The summed E-state index contributed by atoms with van der Waals surface area (Å²) in [6.45, 7) is 6.52. The van der Waals surface area contributed by atoms with E-state index in [0.29, 0.717) is 5.92 Å². The van der Waals surface area contributed by atoms with Gasteiger partial charge in [-0.15, -0.1) is 0 Å². The molecule has 3 heteroatoms. The van der Waals surface area contributed by atoms with Crippen molar-refractivity contribution in [3.8, 4) is 0 Å². The first-order chi connectivity index (χ1) is 7.59. The number of ether oxygens (including phenoxy) is 1. The van der Waals surface area contributed by atoms with Gasteiger partial charge in [-0.05, 0) is 26.7 Å². The lowest BCUT2D eigenvalue weighted by molar-refractivity contribution is -0.665. The Morgan fingerprint density at radius 2 is 1.81 bits per heavy atom. The van der Waals surface area contributed by atoms with Crippen LogP contribution in [0.5, 0.6) is 0 Å². The van der Waals surface area contributed by atoms with Gasteiger partial charge < -0.3 is 10.1 Å². The minimum atomic E-state index is -0.263. The summed E-state index contributed by atoms with van der Waals surface area (Å²) < 4.78 is 5.73. The molecule has 2 rings (SSSR count). The zero-order chi connectivity index (χ0) is 11.6. The number of esters is 1. The Balaban J connectivity index is 1.87. The lowest BCUT2D eigenvalue weighted by Gasteiger charge is -2.37. The van der Waals surface area contributed by atoms with Crippen LogP contribution in [-0.4, -0.2) is 24.7 Å². The van der Waals surface area contributed by atoms with Gasteiger partial charge in [0, 0.05) is 18.8 Å². The average molecular weight is 226 g/mol. The fourth-order valence-corrected chi connectivity index (χ4v) is 2.69. The van der Waals surface area contributed by atoms with E-state index in [1.165, 1.54) is 32.4 Å². The van der Waals surface area contributed by atoms with E-state index in [1.807, 2.05) is 0 Å². The van der Waals surface area contributed by atoms with Gasteiger partial charge in [-0.1, -0.05) is 6.42 Å². The summed E-state index contributed by atoms with van der Waals surface area (Å²) in [5.41, 5.74) is -0.263. The van der Waals surface area contributed by atoms with Crippen molar-refractivity contribution in [3.05, 3.63) is 0 Å². The van der Waals surface area contributed by atoms with Crippen LogP contribution in [0, 0.1) is 11.8 Å². The molecular weight excluding hydrogens is 202 g/mol. The third kappa shape index (κ3) is 2.57. The first kappa shape index (κ1) is 11.9. The molecule has 1 aliphatic heterocycles. The topological polar surface area (TPSA) is 42.9 Å². The van der Waals surface area contributed by atoms with Crippen LogP contribution in [0.25, 0.3) is 0 Å². The normalized spacial score (nSPS) is 23.9. The highest BCUT2D eigenvalue weighted by Crippen LogP contribution is 2.33. The Morgan fingerprint density at radius 1 is 1.19 bits per heavy atom. The van der Waals surface area contributed by atoms with Crippen molar-refractivity contribution in [3.63, 3.8) is 0 Å². The Bertz CT molecular complexity index is 253. The predicted octanol–water partition coefficient (Wildman–Crippen LogP) is 1.08. The van der Waals surface area contributed by atoms with Crippen LogP contribution >= 0.6 is 0 Å². The maximum atomic E-state index is 11.9. The molecule has 1 aliphatic carbocycles. The van der Waals surface area contributed by atoms with Crippen LogP contribution in [0.2, 0.25) is 0 Å². The molecule has 0 spiro atoms. The number of nitrogens with two attached hydrogens (primary N) is 1. The second-order valence-corrected chi connectivity index (χ2v) is 5.79. The van der Waals surface area contributed by atoms with E-state index in [2.05, 4.69) is 19.2 Å². The number of carbonyl (C=O) groups excluding carboxylic acids is 1. The first-order valence-electron chi connectivity index (χ1n) is 6.64. The number of hydrogen-bond acceptors (Lipinski definition) is 2. The third-order valence-corrected chi connectivity index (χ3v) is 4.22. The molecule has 0 aromatic rings. The molecule has 16 heavy (non-hydrogen) atoms. The minimum Gasteiger partial charge on any atom is -0.459 e.